The number of pyridine rings is 1. The molecule has 0 aliphatic heterocycles. The van der Waals surface area contributed by atoms with Gasteiger partial charge in [-0.25, -0.2) is 9.97 Å². The third-order valence-electron chi connectivity index (χ3n) is 10.4. The van der Waals surface area contributed by atoms with Crippen molar-refractivity contribution < 1.29 is 0 Å². The lowest BCUT2D eigenvalue weighted by Gasteiger charge is -2.16. The highest BCUT2D eigenvalue weighted by molar-refractivity contribution is 6.16. The lowest BCUT2D eigenvalue weighted by molar-refractivity contribution is 1.07. The summed E-state index contributed by atoms with van der Waals surface area (Å²) in [5, 5.41) is 3.47. The predicted octanol–water partition coefficient (Wildman–Crippen LogP) is 13.6. The molecule has 0 amide bonds. The second-order valence-electron chi connectivity index (χ2n) is 13.8. The molecule has 0 atom stereocenters. The number of hydrogen-bond donors (Lipinski definition) is 0. The van der Waals surface area contributed by atoms with Crippen LogP contribution in [0.2, 0.25) is 0 Å². The molecule has 0 spiro atoms. The van der Waals surface area contributed by atoms with E-state index in [9.17, 15) is 0 Å². The highest BCUT2D eigenvalue weighted by Gasteiger charge is 2.23. The molecular formula is C52H35N3. The van der Waals surface area contributed by atoms with E-state index in [0.717, 1.165) is 78.3 Å². The van der Waals surface area contributed by atoms with Crippen LogP contribution >= 0.6 is 0 Å². The van der Waals surface area contributed by atoms with Gasteiger partial charge in [0.15, 0.2) is 0 Å². The van der Waals surface area contributed by atoms with Gasteiger partial charge in [0.2, 0.25) is 0 Å². The maximum atomic E-state index is 5.45. The minimum absolute atomic E-state index is 0.891. The van der Waals surface area contributed by atoms with Gasteiger partial charge in [0.05, 0.1) is 22.6 Å². The summed E-state index contributed by atoms with van der Waals surface area (Å²) in [6.07, 6.45) is 0. The van der Waals surface area contributed by atoms with Gasteiger partial charge in [0.25, 0.3) is 0 Å². The first kappa shape index (κ1) is 32.3. The van der Waals surface area contributed by atoms with Gasteiger partial charge in [-0.3, -0.25) is 4.57 Å². The van der Waals surface area contributed by atoms with E-state index in [1.807, 2.05) is 6.07 Å². The van der Waals surface area contributed by atoms with Crippen molar-refractivity contribution in [2.45, 2.75) is 0 Å². The molecule has 8 aromatic carbocycles. The Morgan fingerprint density at radius 3 is 1.38 bits per heavy atom. The molecule has 10 rings (SSSR count). The zero-order valence-electron chi connectivity index (χ0n) is 30.0. The van der Waals surface area contributed by atoms with Crippen LogP contribution in [-0.2, 0) is 0 Å². The Hall–Kier alpha value is -7.36. The largest absolute Gasteiger partial charge is 0.292 e. The second kappa shape index (κ2) is 13.9. The van der Waals surface area contributed by atoms with Crippen LogP contribution in [0.3, 0.4) is 0 Å². The Morgan fingerprint density at radius 1 is 0.327 bits per heavy atom. The lowest BCUT2D eigenvalue weighted by atomic mass is 9.91. The van der Waals surface area contributed by atoms with Crippen LogP contribution in [0.15, 0.2) is 212 Å². The highest BCUT2D eigenvalue weighted by atomic mass is 15.1. The van der Waals surface area contributed by atoms with Crippen LogP contribution < -0.4 is 0 Å². The van der Waals surface area contributed by atoms with Gasteiger partial charge in [-0.2, -0.15) is 0 Å². The third-order valence-corrected chi connectivity index (χ3v) is 10.4. The van der Waals surface area contributed by atoms with E-state index < -0.39 is 0 Å². The topological polar surface area (TPSA) is 30.7 Å². The number of aromatic nitrogens is 3. The van der Waals surface area contributed by atoms with Crippen molar-refractivity contribution in [2.24, 2.45) is 0 Å². The molecule has 0 N–H and O–H groups in total. The van der Waals surface area contributed by atoms with Crippen LogP contribution in [-0.4, -0.2) is 14.5 Å². The van der Waals surface area contributed by atoms with E-state index in [2.05, 4.69) is 211 Å². The van der Waals surface area contributed by atoms with Crippen LogP contribution in [0.4, 0.5) is 0 Å². The smallest absolute Gasteiger partial charge is 0.145 e. The van der Waals surface area contributed by atoms with Crippen molar-refractivity contribution in [2.75, 3.05) is 0 Å². The molecule has 0 aliphatic rings. The third kappa shape index (κ3) is 5.89. The normalized spacial score (nSPS) is 11.3. The van der Waals surface area contributed by atoms with Crippen molar-refractivity contribution in [1.29, 1.82) is 0 Å². The number of benzene rings is 8. The molecule has 0 unspecified atom stereocenters. The fourth-order valence-electron chi connectivity index (χ4n) is 7.81. The molecule has 2 aromatic heterocycles. The molecule has 10 aromatic rings. The summed E-state index contributed by atoms with van der Waals surface area (Å²) in [5.74, 6) is 0.891. The number of nitrogens with zero attached hydrogens (tertiary/aromatic N) is 3. The summed E-state index contributed by atoms with van der Waals surface area (Å²) in [6.45, 7) is 0. The van der Waals surface area contributed by atoms with E-state index in [4.69, 9.17) is 9.97 Å². The van der Waals surface area contributed by atoms with Gasteiger partial charge in [-0.1, -0.05) is 188 Å². The van der Waals surface area contributed by atoms with Crippen molar-refractivity contribution >= 4 is 21.7 Å². The molecule has 0 bridgehead atoms. The standard InChI is InChI=1S/C52H35N3/c1-6-18-36(19-7-1)45-34-47-46(37-20-8-2-9-21-37)35-48(53-50(47)44-29-17-16-28-43(44)45)38-30-32-42(33-31-38)55-51(40-24-12-4-13-25-40)49(39-22-10-3-11-23-39)54-52(55)41-26-14-5-15-27-41/h1-35H. The minimum atomic E-state index is 0.891. The zero-order valence-corrected chi connectivity index (χ0v) is 30.0. The fraction of sp³-hybridized carbons (Fsp3) is 0. The Morgan fingerprint density at radius 2 is 0.800 bits per heavy atom. The van der Waals surface area contributed by atoms with Crippen molar-refractivity contribution in [3.8, 4) is 73.1 Å². The van der Waals surface area contributed by atoms with Crippen LogP contribution in [0.1, 0.15) is 0 Å². The van der Waals surface area contributed by atoms with Crippen molar-refractivity contribution in [3.05, 3.63) is 212 Å². The summed E-state index contributed by atoms with van der Waals surface area (Å²) in [4.78, 5) is 10.8. The van der Waals surface area contributed by atoms with Crippen LogP contribution in [0.5, 0.6) is 0 Å². The fourth-order valence-corrected chi connectivity index (χ4v) is 7.81. The zero-order chi connectivity index (χ0) is 36.6. The van der Waals surface area contributed by atoms with E-state index in [-0.39, 0.29) is 0 Å². The van der Waals surface area contributed by atoms with E-state index in [0.29, 0.717) is 0 Å². The monoisotopic (exact) mass is 701 g/mol. The highest BCUT2D eigenvalue weighted by Crippen LogP contribution is 2.42. The van der Waals surface area contributed by atoms with Gasteiger partial charge in [-0.05, 0) is 51.9 Å². The van der Waals surface area contributed by atoms with Gasteiger partial charge in [0, 0.05) is 38.7 Å². The van der Waals surface area contributed by atoms with Gasteiger partial charge in [0.1, 0.15) is 5.82 Å². The van der Waals surface area contributed by atoms with Crippen molar-refractivity contribution in [3.63, 3.8) is 0 Å². The number of rotatable bonds is 7. The quantitative estimate of drug-likeness (QED) is 0.155. The molecule has 258 valence electrons. The van der Waals surface area contributed by atoms with Gasteiger partial charge in [-0.15, -0.1) is 0 Å². The molecule has 2 heterocycles. The van der Waals surface area contributed by atoms with Crippen molar-refractivity contribution in [1.82, 2.24) is 14.5 Å². The molecule has 55 heavy (non-hydrogen) atoms. The SMILES string of the molecule is c1ccc(-c2nc(-c3ccccc3)n(-c3ccc(-c4cc(-c5ccccc5)c5cc(-c6ccccc6)c6ccccc6c5n4)cc3)c2-c2ccccc2)cc1. The Bertz CT molecular complexity index is 2920. The Kier molecular flexibility index (Phi) is 8.16. The molecular weight excluding hydrogens is 667 g/mol. The summed E-state index contributed by atoms with van der Waals surface area (Å²) in [7, 11) is 0. The predicted molar refractivity (Wildman–Crippen MR) is 229 cm³/mol. The molecule has 0 fully saturated rings. The molecule has 3 heteroatoms. The number of imidazole rings is 1. The first-order valence-electron chi connectivity index (χ1n) is 18.7. The molecule has 0 saturated carbocycles. The second-order valence-corrected chi connectivity index (χ2v) is 13.8. The van der Waals surface area contributed by atoms with Crippen LogP contribution in [0.25, 0.3) is 94.8 Å². The Balaban J connectivity index is 1.18. The van der Waals surface area contributed by atoms with E-state index >= 15 is 0 Å². The van der Waals surface area contributed by atoms with Gasteiger partial charge >= 0.3 is 0 Å². The number of fused-ring (bicyclic) bond motifs is 3. The number of hydrogen-bond acceptors (Lipinski definition) is 2. The molecule has 0 radical (unpaired) electrons. The lowest BCUT2D eigenvalue weighted by Crippen LogP contribution is -2.00. The average Bonchev–Trinajstić information content (AvgIpc) is 3.68. The van der Waals surface area contributed by atoms with Crippen LogP contribution in [0, 0.1) is 0 Å². The van der Waals surface area contributed by atoms with Gasteiger partial charge < -0.3 is 0 Å². The maximum Gasteiger partial charge on any atom is 0.145 e. The summed E-state index contributed by atoms with van der Waals surface area (Å²) in [6, 6.07) is 74.9. The summed E-state index contributed by atoms with van der Waals surface area (Å²) >= 11 is 0. The van der Waals surface area contributed by atoms with E-state index in [1.165, 1.54) is 16.5 Å². The summed E-state index contributed by atoms with van der Waals surface area (Å²) in [5.41, 5.74) is 13.9. The average molecular weight is 702 g/mol. The maximum absolute atomic E-state index is 5.45. The Labute approximate surface area is 320 Å². The van der Waals surface area contributed by atoms with E-state index in [1.54, 1.807) is 0 Å². The summed E-state index contributed by atoms with van der Waals surface area (Å²) < 4.78 is 2.30. The molecule has 0 aliphatic carbocycles. The molecule has 0 saturated heterocycles. The first-order chi connectivity index (χ1) is 27.3. The minimum Gasteiger partial charge on any atom is -0.292 e. The first-order valence-corrected chi connectivity index (χ1v) is 18.7. The molecule has 3 nitrogen and oxygen atoms in total.